The van der Waals surface area contributed by atoms with E-state index in [0.29, 0.717) is 19.0 Å². The molecule has 2 aromatic rings. The Bertz CT molecular complexity index is 658. The molecule has 0 saturated carbocycles. The number of benzene rings is 2. The van der Waals surface area contributed by atoms with Gasteiger partial charge in [-0.2, -0.15) is 0 Å². The maximum atomic E-state index is 10.8. The van der Waals surface area contributed by atoms with E-state index in [2.05, 4.69) is 6.07 Å². The Kier molecular flexibility index (Phi) is 4.88. The first kappa shape index (κ1) is 15.7. The summed E-state index contributed by atoms with van der Waals surface area (Å²) < 4.78 is 11.0. The molecule has 0 atom stereocenters. The lowest BCUT2D eigenvalue weighted by atomic mass is 10.1. The maximum Gasteiger partial charge on any atom is 0.339 e. The second-order valence-electron chi connectivity index (χ2n) is 5.00. The number of hydrogen-bond acceptors (Lipinski definition) is 4. The van der Waals surface area contributed by atoms with Crippen LogP contribution in [-0.2, 0) is 0 Å². The predicted molar refractivity (Wildman–Crippen MR) is 82.0 cm³/mol. The summed E-state index contributed by atoms with van der Waals surface area (Å²) in [4.78, 5) is 10.8. The minimum Gasteiger partial charge on any atom is -0.507 e. The van der Waals surface area contributed by atoms with E-state index >= 15 is 0 Å². The minimum atomic E-state index is -1.18. The van der Waals surface area contributed by atoms with Gasteiger partial charge in [-0.3, -0.25) is 0 Å². The molecule has 0 aliphatic heterocycles. The summed E-state index contributed by atoms with van der Waals surface area (Å²) in [5.74, 6) is -0.320. The van der Waals surface area contributed by atoms with Gasteiger partial charge in [-0.15, -0.1) is 0 Å². The van der Waals surface area contributed by atoms with Crippen molar-refractivity contribution in [1.82, 2.24) is 0 Å². The highest BCUT2D eigenvalue weighted by Gasteiger charge is 2.10. The van der Waals surface area contributed by atoms with E-state index in [-0.39, 0.29) is 11.3 Å². The summed E-state index contributed by atoms with van der Waals surface area (Å²) in [5, 5.41) is 18.4. The molecule has 0 amide bonds. The van der Waals surface area contributed by atoms with Crippen LogP contribution >= 0.6 is 0 Å². The Morgan fingerprint density at radius 2 is 1.55 bits per heavy atom. The Labute approximate surface area is 128 Å². The van der Waals surface area contributed by atoms with Crippen molar-refractivity contribution in [3.05, 3.63) is 53.1 Å². The lowest BCUT2D eigenvalue weighted by molar-refractivity contribution is 0.0693. The van der Waals surface area contributed by atoms with E-state index in [9.17, 15) is 9.90 Å². The van der Waals surface area contributed by atoms with Crippen molar-refractivity contribution in [2.24, 2.45) is 0 Å². The lowest BCUT2D eigenvalue weighted by Crippen LogP contribution is -2.09. The van der Waals surface area contributed by atoms with Gasteiger partial charge in [-0.25, -0.2) is 4.79 Å². The zero-order valence-electron chi connectivity index (χ0n) is 12.5. The first-order valence-corrected chi connectivity index (χ1v) is 6.86. The molecule has 5 heteroatoms. The van der Waals surface area contributed by atoms with Crippen LogP contribution in [-0.4, -0.2) is 29.4 Å². The van der Waals surface area contributed by atoms with Gasteiger partial charge in [0.05, 0.1) is 0 Å². The Balaban J connectivity index is 1.86. The molecule has 0 fully saturated rings. The molecule has 0 radical (unpaired) electrons. The van der Waals surface area contributed by atoms with E-state index in [1.165, 1.54) is 18.2 Å². The molecule has 0 spiro atoms. The van der Waals surface area contributed by atoms with E-state index in [0.717, 1.165) is 16.9 Å². The third kappa shape index (κ3) is 4.15. The molecule has 22 heavy (non-hydrogen) atoms. The molecule has 0 aromatic heterocycles. The van der Waals surface area contributed by atoms with Gasteiger partial charge in [0.25, 0.3) is 0 Å². The molecule has 0 unspecified atom stereocenters. The number of carboxylic acids is 1. The zero-order chi connectivity index (χ0) is 16.1. The predicted octanol–water partition coefficient (Wildman–Crippen LogP) is 3.17. The average molecular weight is 302 g/mol. The number of phenols is 1. The number of aryl methyl sites for hydroxylation is 2. The summed E-state index contributed by atoms with van der Waals surface area (Å²) >= 11 is 0. The van der Waals surface area contributed by atoms with Crippen molar-refractivity contribution in [1.29, 1.82) is 0 Å². The maximum absolute atomic E-state index is 10.8. The first-order valence-electron chi connectivity index (χ1n) is 6.86. The molecule has 0 bridgehead atoms. The van der Waals surface area contributed by atoms with Crippen LogP contribution in [0.3, 0.4) is 0 Å². The molecule has 116 valence electrons. The number of carboxylic acid groups (broad SMARTS) is 1. The number of ether oxygens (including phenoxy) is 2. The SMILES string of the molecule is Cc1cc(C)cc(OCCOc2ccc(C(=O)O)c(O)c2)c1. The monoisotopic (exact) mass is 302 g/mol. The highest BCUT2D eigenvalue weighted by molar-refractivity contribution is 5.90. The van der Waals surface area contributed by atoms with E-state index < -0.39 is 5.97 Å². The molecule has 5 nitrogen and oxygen atoms in total. The zero-order valence-corrected chi connectivity index (χ0v) is 12.5. The second kappa shape index (κ2) is 6.85. The van der Waals surface area contributed by atoms with Crippen molar-refractivity contribution in [2.45, 2.75) is 13.8 Å². The van der Waals surface area contributed by atoms with Gasteiger partial charge in [-0.05, 0) is 49.2 Å². The van der Waals surface area contributed by atoms with Crippen molar-refractivity contribution in [3.63, 3.8) is 0 Å². The summed E-state index contributed by atoms with van der Waals surface area (Å²) in [6.07, 6.45) is 0. The Morgan fingerprint density at radius 3 is 2.09 bits per heavy atom. The van der Waals surface area contributed by atoms with Gasteiger partial charge in [0.1, 0.15) is 36.0 Å². The normalized spacial score (nSPS) is 10.3. The minimum absolute atomic E-state index is 0.154. The van der Waals surface area contributed by atoms with Gasteiger partial charge in [0, 0.05) is 6.07 Å². The van der Waals surface area contributed by atoms with Crippen molar-refractivity contribution in [2.75, 3.05) is 13.2 Å². The number of aromatic carboxylic acids is 1. The van der Waals surface area contributed by atoms with Crippen molar-refractivity contribution >= 4 is 5.97 Å². The highest BCUT2D eigenvalue weighted by Crippen LogP contribution is 2.23. The molecular weight excluding hydrogens is 284 g/mol. The van der Waals surface area contributed by atoms with Crippen LogP contribution in [0, 0.1) is 13.8 Å². The summed E-state index contributed by atoms with van der Waals surface area (Å²) in [5.41, 5.74) is 2.11. The molecule has 0 aliphatic rings. The number of aromatic hydroxyl groups is 1. The van der Waals surface area contributed by atoms with Crippen LogP contribution < -0.4 is 9.47 Å². The first-order chi connectivity index (χ1) is 10.5. The molecule has 0 aliphatic carbocycles. The second-order valence-corrected chi connectivity index (χ2v) is 5.00. The van der Waals surface area contributed by atoms with Gasteiger partial charge in [0.15, 0.2) is 0 Å². The molecule has 2 aromatic carbocycles. The van der Waals surface area contributed by atoms with Crippen LogP contribution in [0.1, 0.15) is 21.5 Å². The van der Waals surface area contributed by atoms with E-state index in [1.54, 1.807) is 0 Å². The molecular formula is C17H18O5. The van der Waals surface area contributed by atoms with Gasteiger partial charge in [-0.1, -0.05) is 6.07 Å². The number of rotatable bonds is 6. The van der Waals surface area contributed by atoms with Crippen LogP contribution in [0.2, 0.25) is 0 Å². The third-order valence-electron chi connectivity index (χ3n) is 3.02. The lowest BCUT2D eigenvalue weighted by Gasteiger charge is -2.10. The van der Waals surface area contributed by atoms with Gasteiger partial charge < -0.3 is 19.7 Å². The van der Waals surface area contributed by atoms with Crippen LogP contribution in [0.5, 0.6) is 17.2 Å². The molecule has 0 heterocycles. The number of carbonyl (C=O) groups is 1. The van der Waals surface area contributed by atoms with Crippen LogP contribution in [0.25, 0.3) is 0 Å². The fraction of sp³-hybridized carbons (Fsp3) is 0.235. The molecule has 2 rings (SSSR count). The quantitative estimate of drug-likeness (QED) is 0.802. The van der Waals surface area contributed by atoms with Gasteiger partial charge in [0.2, 0.25) is 0 Å². The molecule has 0 saturated heterocycles. The molecule has 2 N–H and O–H groups in total. The summed E-state index contributed by atoms with van der Waals surface area (Å²) in [6, 6.07) is 10.0. The van der Waals surface area contributed by atoms with Crippen molar-refractivity contribution in [3.8, 4) is 17.2 Å². The Hall–Kier alpha value is -2.69. The van der Waals surface area contributed by atoms with Crippen LogP contribution in [0.15, 0.2) is 36.4 Å². The summed E-state index contributed by atoms with van der Waals surface area (Å²) in [6.45, 7) is 4.65. The number of hydrogen-bond donors (Lipinski definition) is 2. The standard InChI is InChI=1S/C17H18O5/c1-11-7-12(2)9-14(8-11)22-6-5-21-13-3-4-15(17(19)20)16(18)10-13/h3-4,7-10,18H,5-6H2,1-2H3,(H,19,20). The summed E-state index contributed by atoms with van der Waals surface area (Å²) in [7, 11) is 0. The largest absolute Gasteiger partial charge is 0.507 e. The fourth-order valence-corrected chi connectivity index (χ4v) is 2.12. The highest BCUT2D eigenvalue weighted by atomic mass is 16.5. The van der Waals surface area contributed by atoms with Gasteiger partial charge >= 0.3 is 5.97 Å². The smallest absolute Gasteiger partial charge is 0.339 e. The van der Waals surface area contributed by atoms with Crippen molar-refractivity contribution < 1.29 is 24.5 Å². The van der Waals surface area contributed by atoms with Crippen LogP contribution in [0.4, 0.5) is 0 Å². The van der Waals surface area contributed by atoms with E-state index in [1.807, 2.05) is 26.0 Å². The van der Waals surface area contributed by atoms with E-state index in [4.69, 9.17) is 14.6 Å². The Morgan fingerprint density at radius 1 is 0.955 bits per heavy atom. The average Bonchev–Trinajstić information content (AvgIpc) is 2.42. The fourth-order valence-electron chi connectivity index (χ4n) is 2.12. The third-order valence-corrected chi connectivity index (χ3v) is 3.02. The topological polar surface area (TPSA) is 76.0 Å².